The first kappa shape index (κ1) is 8.17. The highest BCUT2D eigenvalue weighted by Crippen LogP contribution is 2.32. The molecule has 0 radical (unpaired) electrons. The Bertz CT molecular complexity index is 318. The van der Waals surface area contributed by atoms with E-state index in [1.54, 1.807) is 0 Å². The topological polar surface area (TPSA) is 18.5 Å². The fourth-order valence-electron chi connectivity index (χ4n) is 1.37. The van der Waals surface area contributed by atoms with Crippen LogP contribution in [0.5, 0.6) is 11.5 Å². The van der Waals surface area contributed by atoms with Crippen molar-refractivity contribution in [1.82, 2.24) is 0 Å². The van der Waals surface area contributed by atoms with Gasteiger partial charge in [-0.1, -0.05) is 12.1 Å². The number of aryl methyl sites for hydroxylation is 1. The van der Waals surface area contributed by atoms with Crippen molar-refractivity contribution < 1.29 is 9.47 Å². The fourth-order valence-corrected chi connectivity index (χ4v) is 1.37. The van der Waals surface area contributed by atoms with Crippen LogP contribution < -0.4 is 9.47 Å². The minimum Gasteiger partial charge on any atom is -0.454 e. The van der Waals surface area contributed by atoms with Gasteiger partial charge in [0.25, 0.3) is 0 Å². The number of allylic oxidation sites excluding steroid dienone is 1. The quantitative estimate of drug-likeness (QED) is 0.659. The summed E-state index contributed by atoms with van der Waals surface area (Å²) in [6.07, 6.45) is 3.93. The summed E-state index contributed by atoms with van der Waals surface area (Å²) in [5, 5.41) is 0. The summed E-state index contributed by atoms with van der Waals surface area (Å²) in [6.45, 7) is 4.04. The Balaban J connectivity index is 2.16. The summed E-state index contributed by atoms with van der Waals surface area (Å²) in [5.41, 5.74) is 1.27. The lowest BCUT2D eigenvalue weighted by Gasteiger charge is -2.00. The molecule has 13 heavy (non-hydrogen) atoms. The third-order valence-electron chi connectivity index (χ3n) is 2.07. The number of fused-ring (bicyclic) bond motifs is 1. The number of ether oxygens (including phenoxy) is 2. The average molecular weight is 176 g/mol. The molecule has 0 aromatic heterocycles. The number of benzene rings is 1. The smallest absolute Gasteiger partial charge is 0.231 e. The molecule has 0 saturated carbocycles. The van der Waals surface area contributed by atoms with Crippen LogP contribution in [0.1, 0.15) is 12.0 Å². The van der Waals surface area contributed by atoms with E-state index in [0.29, 0.717) is 6.79 Å². The van der Waals surface area contributed by atoms with Crippen LogP contribution in [0.4, 0.5) is 0 Å². The van der Waals surface area contributed by atoms with Crippen molar-refractivity contribution in [3.63, 3.8) is 0 Å². The van der Waals surface area contributed by atoms with E-state index in [1.807, 2.05) is 18.2 Å². The maximum absolute atomic E-state index is 5.27. The summed E-state index contributed by atoms with van der Waals surface area (Å²) < 4.78 is 10.5. The lowest BCUT2D eigenvalue weighted by molar-refractivity contribution is 0.174. The number of hydrogen-bond acceptors (Lipinski definition) is 2. The summed E-state index contributed by atoms with van der Waals surface area (Å²) in [7, 11) is 0. The average Bonchev–Trinajstić information content (AvgIpc) is 2.61. The molecule has 0 unspecified atom stereocenters. The van der Waals surface area contributed by atoms with Crippen molar-refractivity contribution in [1.29, 1.82) is 0 Å². The van der Waals surface area contributed by atoms with Gasteiger partial charge in [-0.25, -0.2) is 0 Å². The SMILES string of the molecule is C=CCCc1ccc2c(c1)OCO2. The summed E-state index contributed by atoms with van der Waals surface area (Å²) in [5.74, 6) is 1.71. The maximum Gasteiger partial charge on any atom is 0.231 e. The van der Waals surface area contributed by atoms with E-state index in [0.717, 1.165) is 24.3 Å². The molecular formula is C11H12O2. The Morgan fingerprint density at radius 2 is 2.15 bits per heavy atom. The van der Waals surface area contributed by atoms with E-state index in [2.05, 4.69) is 12.6 Å². The van der Waals surface area contributed by atoms with Gasteiger partial charge in [-0.15, -0.1) is 6.58 Å². The van der Waals surface area contributed by atoms with Crippen LogP contribution in [0.25, 0.3) is 0 Å². The Hall–Kier alpha value is -1.44. The lowest BCUT2D eigenvalue weighted by atomic mass is 10.1. The molecule has 0 bridgehead atoms. The maximum atomic E-state index is 5.27. The molecule has 0 aliphatic carbocycles. The van der Waals surface area contributed by atoms with E-state index in [9.17, 15) is 0 Å². The predicted molar refractivity (Wildman–Crippen MR) is 51.1 cm³/mol. The second-order valence-corrected chi connectivity index (χ2v) is 3.01. The highest BCUT2D eigenvalue weighted by Gasteiger charge is 2.12. The molecule has 0 amide bonds. The second kappa shape index (κ2) is 3.52. The molecule has 1 heterocycles. The highest BCUT2D eigenvalue weighted by atomic mass is 16.7. The number of hydrogen-bond donors (Lipinski definition) is 0. The first-order valence-corrected chi connectivity index (χ1v) is 4.39. The van der Waals surface area contributed by atoms with E-state index in [1.165, 1.54) is 5.56 Å². The van der Waals surface area contributed by atoms with Crippen LogP contribution in [0.2, 0.25) is 0 Å². The van der Waals surface area contributed by atoms with Gasteiger partial charge in [0.05, 0.1) is 0 Å². The zero-order valence-electron chi connectivity index (χ0n) is 7.45. The van der Waals surface area contributed by atoms with Gasteiger partial charge in [-0.3, -0.25) is 0 Å². The standard InChI is InChI=1S/C11H12O2/c1-2-3-4-9-5-6-10-11(7-9)13-8-12-10/h2,5-7H,1,3-4,8H2. The largest absolute Gasteiger partial charge is 0.454 e. The van der Waals surface area contributed by atoms with Gasteiger partial charge in [0.1, 0.15) is 0 Å². The van der Waals surface area contributed by atoms with Crippen molar-refractivity contribution in [2.24, 2.45) is 0 Å². The van der Waals surface area contributed by atoms with E-state index >= 15 is 0 Å². The monoisotopic (exact) mass is 176 g/mol. The van der Waals surface area contributed by atoms with Crippen LogP contribution in [0, 0.1) is 0 Å². The zero-order chi connectivity index (χ0) is 9.10. The van der Waals surface area contributed by atoms with Crippen LogP contribution in [-0.2, 0) is 6.42 Å². The predicted octanol–water partition coefficient (Wildman–Crippen LogP) is 2.53. The van der Waals surface area contributed by atoms with Gasteiger partial charge < -0.3 is 9.47 Å². The van der Waals surface area contributed by atoms with Crippen LogP contribution >= 0.6 is 0 Å². The van der Waals surface area contributed by atoms with E-state index in [-0.39, 0.29) is 0 Å². The molecule has 1 aliphatic rings. The molecule has 1 aromatic carbocycles. The molecule has 2 rings (SSSR count). The molecular weight excluding hydrogens is 164 g/mol. The van der Waals surface area contributed by atoms with Gasteiger partial charge in [0.15, 0.2) is 11.5 Å². The Labute approximate surface area is 77.8 Å². The van der Waals surface area contributed by atoms with Gasteiger partial charge >= 0.3 is 0 Å². The fraction of sp³-hybridized carbons (Fsp3) is 0.273. The van der Waals surface area contributed by atoms with Crippen molar-refractivity contribution in [3.05, 3.63) is 36.4 Å². The Morgan fingerprint density at radius 1 is 1.31 bits per heavy atom. The third kappa shape index (κ3) is 1.66. The van der Waals surface area contributed by atoms with Crippen LogP contribution in [0.15, 0.2) is 30.9 Å². The number of rotatable bonds is 3. The third-order valence-corrected chi connectivity index (χ3v) is 2.07. The normalized spacial score (nSPS) is 12.9. The van der Waals surface area contributed by atoms with Crippen LogP contribution in [-0.4, -0.2) is 6.79 Å². The van der Waals surface area contributed by atoms with Crippen molar-refractivity contribution in [2.75, 3.05) is 6.79 Å². The van der Waals surface area contributed by atoms with E-state index < -0.39 is 0 Å². The van der Waals surface area contributed by atoms with E-state index in [4.69, 9.17) is 9.47 Å². The Kier molecular flexibility index (Phi) is 2.21. The van der Waals surface area contributed by atoms with Crippen molar-refractivity contribution in [2.45, 2.75) is 12.8 Å². The molecule has 0 fully saturated rings. The van der Waals surface area contributed by atoms with Gasteiger partial charge in [0, 0.05) is 0 Å². The zero-order valence-corrected chi connectivity index (χ0v) is 7.45. The summed E-state index contributed by atoms with van der Waals surface area (Å²) in [4.78, 5) is 0. The molecule has 1 aromatic rings. The van der Waals surface area contributed by atoms with Gasteiger partial charge in [-0.2, -0.15) is 0 Å². The van der Waals surface area contributed by atoms with Gasteiger partial charge in [-0.05, 0) is 30.5 Å². The molecule has 2 nitrogen and oxygen atoms in total. The second-order valence-electron chi connectivity index (χ2n) is 3.01. The van der Waals surface area contributed by atoms with Crippen molar-refractivity contribution in [3.8, 4) is 11.5 Å². The molecule has 68 valence electrons. The molecule has 0 atom stereocenters. The minimum atomic E-state index is 0.347. The van der Waals surface area contributed by atoms with Gasteiger partial charge in [0.2, 0.25) is 6.79 Å². The lowest BCUT2D eigenvalue weighted by Crippen LogP contribution is -1.92. The van der Waals surface area contributed by atoms with Crippen molar-refractivity contribution >= 4 is 0 Å². The van der Waals surface area contributed by atoms with Crippen LogP contribution in [0.3, 0.4) is 0 Å². The molecule has 0 N–H and O–H groups in total. The molecule has 0 saturated heterocycles. The molecule has 0 spiro atoms. The molecule has 2 heteroatoms. The first-order chi connectivity index (χ1) is 6.40. The molecule has 1 aliphatic heterocycles. The summed E-state index contributed by atoms with van der Waals surface area (Å²) >= 11 is 0. The highest BCUT2D eigenvalue weighted by molar-refractivity contribution is 5.44. The Morgan fingerprint density at radius 3 is 3.00 bits per heavy atom. The first-order valence-electron chi connectivity index (χ1n) is 4.39. The minimum absolute atomic E-state index is 0.347. The summed E-state index contributed by atoms with van der Waals surface area (Å²) in [6, 6.07) is 6.06.